The van der Waals surface area contributed by atoms with Crippen LogP contribution in [0, 0.1) is 0 Å². The third kappa shape index (κ3) is 3.19. The van der Waals surface area contributed by atoms with Crippen molar-refractivity contribution in [2.45, 2.75) is 12.5 Å². The second-order valence-electron chi connectivity index (χ2n) is 6.53. The molecular weight excluding hydrogens is 344 g/mol. The summed E-state index contributed by atoms with van der Waals surface area (Å²) in [4.78, 5) is 15.7. The highest BCUT2D eigenvalue weighted by Gasteiger charge is 2.23. The maximum absolute atomic E-state index is 6.06. The third-order valence-corrected chi connectivity index (χ3v) is 4.74. The number of hydrogen-bond acceptors (Lipinski definition) is 8. The normalized spacial score (nSPS) is 16.7. The molecule has 1 fully saturated rings. The number of methoxy groups -OCH3 is 2. The number of anilines is 2. The summed E-state index contributed by atoms with van der Waals surface area (Å²) in [6.45, 7) is 1.56. The highest BCUT2D eigenvalue weighted by atomic mass is 16.5. The fourth-order valence-electron chi connectivity index (χ4n) is 3.37. The minimum atomic E-state index is 0.130. The molecule has 4 rings (SSSR count). The Labute approximate surface area is 157 Å². The second-order valence-corrected chi connectivity index (χ2v) is 6.53. The highest BCUT2D eigenvalue weighted by molar-refractivity contribution is 5.89. The zero-order valence-electron chi connectivity index (χ0n) is 15.3. The molecule has 3 aromatic rings. The lowest BCUT2D eigenvalue weighted by molar-refractivity contribution is 0.355. The van der Waals surface area contributed by atoms with Gasteiger partial charge in [0.15, 0.2) is 17.3 Å². The molecule has 1 atom stereocenters. The van der Waals surface area contributed by atoms with E-state index in [0.29, 0.717) is 22.5 Å². The first-order valence-corrected chi connectivity index (χ1v) is 8.76. The van der Waals surface area contributed by atoms with Crippen molar-refractivity contribution in [3.8, 4) is 22.8 Å². The van der Waals surface area contributed by atoms with Crippen LogP contribution in [0.1, 0.15) is 6.42 Å². The zero-order valence-corrected chi connectivity index (χ0v) is 15.3. The quantitative estimate of drug-likeness (QED) is 0.719. The van der Waals surface area contributed by atoms with E-state index in [-0.39, 0.29) is 12.0 Å². The standard InChI is InChI=1S/C19H22N6O2/c1-26-15-6-3-11(9-16(15)27-2)13-4-5-14-17(22-13)18(24-19(21)23-14)25-8-7-12(20)10-25/h3-6,9,12H,7-8,10,20H2,1-2H3,(H2,21,23,24)/t12-/m0/s1. The van der Waals surface area contributed by atoms with Gasteiger partial charge in [0, 0.05) is 24.7 Å². The van der Waals surface area contributed by atoms with E-state index in [1.54, 1.807) is 14.2 Å². The maximum atomic E-state index is 6.06. The smallest absolute Gasteiger partial charge is 0.222 e. The van der Waals surface area contributed by atoms with E-state index in [2.05, 4.69) is 14.9 Å². The SMILES string of the molecule is COc1ccc(-c2ccc3nc(N)nc(N4CC[C@H](N)C4)c3n2)cc1OC. The summed E-state index contributed by atoms with van der Waals surface area (Å²) in [7, 11) is 3.22. The predicted molar refractivity (Wildman–Crippen MR) is 105 cm³/mol. The molecule has 0 amide bonds. The minimum Gasteiger partial charge on any atom is -0.493 e. The summed E-state index contributed by atoms with van der Waals surface area (Å²) < 4.78 is 10.7. The number of nitrogens with zero attached hydrogens (tertiary/aromatic N) is 4. The Balaban J connectivity index is 1.83. The summed E-state index contributed by atoms with van der Waals surface area (Å²) in [5, 5.41) is 0. The molecule has 1 saturated heterocycles. The van der Waals surface area contributed by atoms with Crippen LogP contribution in [0.15, 0.2) is 30.3 Å². The van der Waals surface area contributed by atoms with Crippen LogP contribution in [0.5, 0.6) is 11.5 Å². The molecule has 0 aliphatic carbocycles. The lowest BCUT2D eigenvalue weighted by Crippen LogP contribution is -2.27. The number of nitrogens with two attached hydrogens (primary N) is 2. The topological polar surface area (TPSA) is 112 Å². The van der Waals surface area contributed by atoms with Crippen LogP contribution in [0.3, 0.4) is 0 Å². The van der Waals surface area contributed by atoms with E-state index in [9.17, 15) is 0 Å². The Bertz CT molecular complexity index is 993. The largest absolute Gasteiger partial charge is 0.493 e. The molecule has 1 aliphatic heterocycles. The summed E-state index contributed by atoms with van der Waals surface area (Å²) in [6, 6.07) is 9.65. The van der Waals surface area contributed by atoms with Crippen LogP contribution in [-0.4, -0.2) is 48.3 Å². The van der Waals surface area contributed by atoms with Gasteiger partial charge in [-0.1, -0.05) is 0 Å². The van der Waals surface area contributed by atoms with Gasteiger partial charge in [-0.15, -0.1) is 0 Å². The Morgan fingerprint density at radius 1 is 1.04 bits per heavy atom. The van der Waals surface area contributed by atoms with Crippen LogP contribution in [0.2, 0.25) is 0 Å². The monoisotopic (exact) mass is 366 g/mol. The van der Waals surface area contributed by atoms with Crippen LogP contribution in [0.4, 0.5) is 11.8 Å². The Hall–Kier alpha value is -3.13. The van der Waals surface area contributed by atoms with Gasteiger partial charge in [0.2, 0.25) is 5.95 Å². The molecule has 8 heteroatoms. The molecule has 3 heterocycles. The third-order valence-electron chi connectivity index (χ3n) is 4.74. The molecule has 0 spiro atoms. The van der Waals surface area contributed by atoms with Gasteiger partial charge in [-0.3, -0.25) is 0 Å². The van der Waals surface area contributed by atoms with Crippen molar-refractivity contribution in [3.63, 3.8) is 0 Å². The summed E-state index contributed by atoms with van der Waals surface area (Å²) >= 11 is 0. The molecule has 0 radical (unpaired) electrons. The predicted octanol–water partition coefficient (Wildman–Crippen LogP) is 1.83. The first kappa shape index (κ1) is 17.3. The summed E-state index contributed by atoms with van der Waals surface area (Å²) in [5.41, 5.74) is 15.1. The average molecular weight is 366 g/mol. The fourth-order valence-corrected chi connectivity index (χ4v) is 3.37. The van der Waals surface area contributed by atoms with Gasteiger partial charge in [0.05, 0.1) is 25.4 Å². The number of aromatic nitrogens is 3. The molecule has 27 heavy (non-hydrogen) atoms. The van der Waals surface area contributed by atoms with Gasteiger partial charge in [-0.25, -0.2) is 9.97 Å². The van der Waals surface area contributed by atoms with Gasteiger partial charge in [0.1, 0.15) is 5.52 Å². The van der Waals surface area contributed by atoms with Gasteiger partial charge in [-0.2, -0.15) is 4.98 Å². The summed E-state index contributed by atoms with van der Waals surface area (Å²) in [6.07, 6.45) is 0.917. The van der Waals surface area contributed by atoms with Gasteiger partial charge in [0.25, 0.3) is 0 Å². The van der Waals surface area contributed by atoms with Crippen LogP contribution < -0.4 is 25.8 Å². The highest BCUT2D eigenvalue weighted by Crippen LogP contribution is 2.33. The van der Waals surface area contributed by atoms with Crippen LogP contribution in [0.25, 0.3) is 22.3 Å². The Morgan fingerprint density at radius 2 is 1.85 bits per heavy atom. The first-order valence-electron chi connectivity index (χ1n) is 8.76. The molecule has 0 bridgehead atoms. The number of ether oxygens (including phenoxy) is 2. The average Bonchev–Trinajstić information content (AvgIpc) is 3.12. The minimum absolute atomic E-state index is 0.130. The molecule has 8 nitrogen and oxygen atoms in total. The molecule has 2 aromatic heterocycles. The number of pyridine rings is 1. The fraction of sp³-hybridized carbons (Fsp3) is 0.316. The van der Waals surface area contributed by atoms with Crippen molar-refractivity contribution >= 4 is 22.8 Å². The number of rotatable bonds is 4. The Kier molecular flexibility index (Phi) is 4.41. The Morgan fingerprint density at radius 3 is 2.56 bits per heavy atom. The number of hydrogen-bond donors (Lipinski definition) is 2. The van der Waals surface area contributed by atoms with E-state index >= 15 is 0 Å². The van der Waals surface area contributed by atoms with Gasteiger partial charge in [-0.05, 0) is 36.8 Å². The molecule has 0 saturated carbocycles. The molecular formula is C19H22N6O2. The summed E-state index contributed by atoms with van der Waals surface area (Å²) in [5.74, 6) is 2.28. The van der Waals surface area contributed by atoms with E-state index in [1.807, 2.05) is 30.3 Å². The van der Waals surface area contributed by atoms with Crippen LogP contribution in [-0.2, 0) is 0 Å². The van der Waals surface area contributed by atoms with Gasteiger partial charge < -0.3 is 25.8 Å². The van der Waals surface area contributed by atoms with E-state index < -0.39 is 0 Å². The van der Waals surface area contributed by atoms with Crippen molar-refractivity contribution in [2.75, 3.05) is 37.9 Å². The van der Waals surface area contributed by atoms with Crippen molar-refractivity contribution in [1.82, 2.24) is 15.0 Å². The molecule has 1 aliphatic rings. The molecule has 0 unspecified atom stereocenters. The first-order chi connectivity index (χ1) is 13.1. The van der Waals surface area contributed by atoms with Crippen molar-refractivity contribution in [1.29, 1.82) is 0 Å². The van der Waals surface area contributed by atoms with E-state index in [1.165, 1.54) is 0 Å². The van der Waals surface area contributed by atoms with Crippen LogP contribution >= 0.6 is 0 Å². The second kappa shape index (κ2) is 6.88. The number of nitrogen functional groups attached to an aromatic ring is 1. The lowest BCUT2D eigenvalue weighted by atomic mass is 10.1. The van der Waals surface area contributed by atoms with E-state index in [4.69, 9.17) is 25.9 Å². The van der Waals surface area contributed by atoms with E-state index in [0.717, 1.165) is 36.6 Å². The molecule has 1 aromatic carbocycles. The van der Waals surface area contributed by atoms with Crippen molar-refractivity contribution in [3.05, 3.63) is 30.3 Å². The van der Waals surface area contributed by atoms with Crippen molar-refractivity contribution < 1.29 is 9.47 Å². The maximum Gasteiger partial charge on any atom is 0.222 e. The lowest BCUT2D eigenvalue weighted by Gasteiger charge is -2.19. The number of benzene rings is 1. The molecule has 140 valence electrons. The molecule has 4 N–H and O–H groups in total. The number of fused-ring (bicyclic) bond motifs is 1. The van der Waals surface area contributed by atoms with Crippen molar-refractivity contribution in [2.24, 2.45) is 5.73 Å². The zero-order chi connectivity index (χ0) is 19.0. The van der Waals surface area contributed by atoms with Gasteiger partial charge >= 0.3 is 0 Å².